The van der Waals surface area contributed by atoms with Crippen LogP contribution in [-0.2, 0) is 21.5 Å². The number of nitrogens with zero attached hydrogens (tertiary/aromatic N) is 2. The van der Waals surface area contributed by atoms with E-state index in [1.54, 1.807) is 11.5 Å². The fraction of sp³-hybridized carbons (Fsp3) is 0.792. The first-order chi connectivity index (χ1) is 14.4. The Kier molecular flexibility index (Phi) is 8.31. The highest BCUT2D eigenvalue weighted by Gasteiger charge is 2.58. The molecule has 7 heteroatoms. The molecule has 1 aliphatic rings. The Labute approximate surface area is 191 Å². The minimum Gasteiger partial charge on any atom is -0.396 e. The molecule has 0 bridgehead atoms. The SMILES string of the molecule is CCCCc1cn(C(C)(C)C)s/c1=N\C(=O)[C@@]1(C)CC[C@@H](C(=O)NCCCO)C1(C)C. The van der Waals surface area contributed by atoms with Gasteiger partial charge in [-0.15, -0.1) is 0 Å². The van der Waals surface area contributed by atoms with Crippen LogP contribution in [0.15, 0.2) is 11.2 Å². The van der Waals surface area contributed by atoms with Crippen molar-refractivity contribution in [2.24, 2.45) is 21.7 Å². The molecule has 6 nitrogen and oxygen atoms in total. The maximum Gasteiger partial charge on any atom is 0.253 e. The molecule has 0 saturated heterocycles. The summed E-state index contributed by atoms with van der Waals surface area (Å²) in [6, 6.07) is 0. The van der Waals surface area contributed by atoms with Crippen LogP contribution in [0.3, 0.4) is 0 Å². The molecule has 1 fully saturated rings. The number of aliphatic hydroxyl groups is 1. The molecule has 1 aromatic rings. The summed E-state index contributed by atoms with van der Waals surface area (Å²) in [6.45, 7) is 15.1. The third kappa shape index (κ3) is 5.48. The molecule has 0 spiro atoms. The van der Waals surface area contributed by atoms with Crippen molar-refractivity contribution >= 4 is 23.3 Å². The number of amides is 2. The molecular formula is C24H41N3O3S. The summed E-state index contributed by atoms with van der Waals surface area (Å²) in [4.78, 5) is 30.9. The van der Waals surface area contributed by atoms with Crippen molar-refractivity contribution in [3.63, 3.8) is 0 Å². The summed E-state index contributed by atoms with van der Waals surface area (Å²) in [6.07, 6.45) is 7.08. The minimum atomic E-state index is -0.690. The second-order valence-electron chi connectivity index (χ2n) is 10.6. The van der Waals surface area contributed by atoms with E-state index >= 15 is 0 Å². The van der Waals surface area contributed by atoms with Crippen LogP contribution >= 0.6 is 11.5 Å². The lowest BCUT2D eigenvalue weighted by Crippen LogP contribution is -2.45. The fourth-order valence-corrected chi connectivity index (χ4v) is 5.34. The molecule has 1 heterocycles. The number of carbonyl (C=O) groups excluding carboxylic acids is 2. The van der Waals surface area contributed by atoms with Gasteiger partial charge in [-0.3, -0.25) is 13.5 Å². The Hall–Kier alpha value is -1.47. The van der Waals surface area contributed by atoms with Gasteiger partial charge in [0.25, 0.3) is 5.91 Å². The largest absolute Gasteiger partial charge is 0.396 e. The van der Waals surface area contributed by atoms with Crippen LogP contribution in [-0.4, -0.2) is 34.0 Å². The molecule has 0 unspecified atom stereocenters. The van der Waals surface area contributed by atoms with E-state index in [0.29, 0.717) is 25.8 Å². The Morgan fingerprint density at radius 3 is 2.55 bits per heavy atom. The van der Waals surface area contributed by atoms with Gasteiger partial charge in [0.1, 0.15) is 4.67 Å². The molecule has 1 aliphatic carbocycles. The van der Waals surface area contributed by atoms with Gasteiger partial charge in [-0.25, -0.2) is 4.99 Å². The topological polar surface area (TPSA) is 83.7 Å². The summed E-state index contributed by atoms with van der Waals surface area (Å²) < 4.78 is 2.99. The number of carbonyl (C=O) groups is 2. The summed E-state index contributed by atoms with van der Waals surface area (Å²) in [5.74, 6) is -0.387. The lowest BCUT2D eigenvalue weighted by atomic mass is 9.65. The van der Waals surface area contributed by atoms with Gasteiger partial charge in [0.05, 0.1) is 5.41 Å². The molecule has 2 rings (SSSR count). The molecule has 31 heavy (non-hydrogen) atoms. The maximum absolute atomic E-state index is 13.5. The van der Waals surface area contributed by atoms with Gasteiger partial charge >= 0.3 is 0 Å². The van der Waals surface area contributed by atoms with E-state index in [1.807, 2.05) is 20.8 Å². The van der Waals surface area contributed by atoms with E-state index < -0.39 is 10.8 Å². The second kappa shape index (κ2) is 9.99. The van der Waals surface area contributed by atoms with Gasteiger partial charge in [-0.2, -0.15) is 0 Å². The lowest BCUT2D eigenvalue weighted by Gasteiger charge is -2.38. The van der Waals surface area contributed by atoms with E-state index in [0.717, 1.165) is 29.5 Å². The monoisotopic (exact) mass is 451 g/mol. The van der Waals surface area contributed by atoms with Crippen molar-refractivity contribution < 1.29 is 14.7 Å². The van der Waals surface area contributed by atoms with Gasteiger partial charge in [-0.1, -0.05) is 34.1 Å². The molecule has 2 atom stereocenters. The smallest absolute Gasteiger partial charge is 0.253 e. The van der Waals surface area contributed by atoms with Crippen LogP contribution in [0, 0.1) is 16.7 Å². The highest BCUT2D eigenvalue weighted by Crippen LogP contribution is 2.56. The van der Waals surface area contributed by atoms with Crippen molar-refractivity contribution in [3.8, 4) is 0 Å². The van der Waals surface area contributed by atoms with Crippen molar-refractivity contribution in [2.75, 3.05) is 13.2 Å². The van der Waals surface area contributed by atoms with Crippen molar-refractivity contribution in [1.29, 1.82) is 0 Å². The first-order valence-electron chi connectivity index (χ1n) is 11.6. The summed E-state index contributed by atoms with van der Waals surface area (Å²) in [5, 5.41) is 11.9. The molecule has 1 aromatic heterocycles. The average molecular weight is 452 g/mol. The van der Waals surface area contributed by atoms with E-state index in [9.17, 15) is 9.59 Å². The fourth-order valence-electron chi connectivity index (χ4n) is 4.31. The Morgan fingerprint density at radius 1 is 1.29 bits per heavy atom. The van der Waals surface area contributed by atoms with Gasteiger partial charge in [0.15, 0.2) is 0 Å². The number of hydrogen-bond donors (Lipinski definition) is 2. The van der Waals surface area contributed by atoms with Gasteiger partial charge in [0.2, 0.25) is 5.91 Å². The van der Waals surface area contributed by atoms with Crippen LogP contribution in [0.2, 0.25) is 0 Å². The maximum atomic E-state index is 13.5. The van der Waals surface area contributed by atoms with Crippen molar-refractivity contribution in [1.82, 2.24) is 9.27 Å². The van der Waals surface area contributed by atoms with E-state index in [4.69, 9.17) is 5.11 Å². The Bertz CT molecular complexity index is 847. The molecule has 0 radical (unpaired) electrons. The first kappa shape index (κ1) is 25.8. The van der Waals surface area contributed by atoms with Crippen LogP contribution in [0.25, 0.3) is 0 Å². The number of aliphatic hydroxyl groups excluding tert-OH is 1. The second-order valence-corrected chi connectivity index (χ2v) is 11.5. The molecular weight excluding hydrogens is 410 g/mol. The van der Waals surface area contributed by atoms with Gasteiger partial charge < -0.3 is 10.4 Å². The third-order valence-electron chi connectivity index (χ3n) is 7.05. The quantitative estimate of drug-likeness (QED) is 0.586. The number of nitrogens with one attached hydrogen (secondary N) is 1. The molecule has 176 valence electrons. The van der Waals surface area contributed by atoms with E-state index in [2.05, 4.69) is 48.2 Å². The van der Waals surface area contributed by atoms with Gasteiger partial charge in [-0.05, 0) is 69.8 Å². The average Bonchev–Trinajstić information content (AvgIpc) is 3.19. The minimum absolute atomic E-state index is 0.0275. The highest BCUT2D eigenvalue weighted by atomic mass is 32.1. The molecule has 2 N–H and O–H groups in total. The standard InChI is InChI=1S/C24H41N3O3S/c1-8-9-11-17-16-27(22(2,3)4)31-20(17)26-21(30)24(7)13-12-18(23(24,5)6)19(29)25-14-10-15-28/h16,18,28H,8-15H2,1-7H3,(H,25,29)/b26-20-/t18-,24+/m0/s1. The zero-order valence-corrected chi connectivity index (χ0v) is 21.2. The summed E-state index contributed by atoms with van der Waals surface area (Å²) in [7, 11) is 0. The van der Waals surface area contributed by atoms with Crippen LogP contribution in [0.4, 0.5) is 0 Å². The lowest BCUT2D eigenvalue weighted by molar-refractivity contribution is -0.136. The molecule has 2 amide bonds. The molecule has 1 saturated carbocycles. The summed E-state index contributed by atoms with van der Waals surface area (Å²) in [5.41, 5.74) is -0.119. The Morgan fingerprint density at radius 2 is 1.97 bits per heavy atom. The predicted octanol–water partition coefficient (Wildman–Crippen LogP) is 4.02. The molecule has 0 aromatic carbocycles. The first-order valence-corrected chi connectivity index (χ1v) is 12.4. The predicted molar refractivity (Wildman–Crippen MR) is 126 cm³/mol. The Balaban J connectivity index is 2.34. The van der Waals surface area contributed by atoms with Crippen LogP contribution < -0.4 is 9.99 Å². The van der Waals surface area contributed by atoms with Crippen LogP contribution in [0.1, 0.15) is 86.1 Å². The number of rotatable bonds is 8. The molecule has 0 aliphatic heterocycles. The highest BCUT2D eigenvalue weighted by molar-refractivity contribution is 7.04. The number of hydrogen-bond acceptors (Lipinski definition) is 4. The van der Waals surface area contributed by atoms with E-state index in [1.165, 1.54) is 0 Å². The third-order valence-corrected chi connectivity index (χ3v) is 8.42. The van der Waals surface area contributed by atoms with Crippen molar-refractivity contribution in [2.45, 2.75) is 92.5 Å². The van der Waals surface area contributed by atoms with Gasteiger partial charge in [0, 0.05) is 36.4 Å². The zero-order valence-electron chi connectivity index (χ0n) is 20.4. The van der Waals surface area contributed by atoms with Crippen LogP contribution in [0.5, 0.6) is 0 Å². The summed E-state index contributed by atoms with van der Waals surface area (Å²) >= 11 is 1.55. The normalized spacial score (nSPS) is 23.9. The van der Waals surface area contributed by atoms with Crippen molar-refractivity contribution in [3.05, 3.63) is 16.4 Å². The van der Waals surface area contributed by atoms with E-state index in [-0.39, 0.29) is 29.9 Å². The number of aromatic nitrogens is 1. The zero-order chi connectivity index (χ0) is 23.4. The number of unbranched alkanes of at least 4 members (excludes halogenated alkanes) is 1. The number of aryl methyl sites for hydroxylation is 1.